The quantitative estimate of drug-likeness (QED) is 0.918. The van der Waals surface area contributed by atoms with Crippen LogP contribution in [0.25, 0.3) is 5.69 Å². The van der Waals surface area contributed by atoms with E-state index in [-0.39, 0.29) is 11.6 Å². The highest BCUT2D eigenvalue weighted by molar-refractivity contribution is 5.94. The lowest BCUT2D eigenvalue weighted by atomic mass is 10.1. The summed E-state index contributed by atoms with van der Waals surface area (Å²) < 4.78 is 1.59. The zero-order valence-electron chi connectivity index (χ0n) is 12.1. The largest absolute Gasteiger partial charge is 0.339 e. The second-order valence-electron chi connectivity index (χ2n) is 5.47. The summed E-state index contributed by atoms with van der Waals surface area (Å²) in [5, 5.41) is 0. The highest BCUT2D eigenvalue weighted by Gasteiger charge is 2.18. The fraction of sp³-hybridized carbons (Fsp3) is 0.375. The van der Waals surface area contributed by atoms with Gasteiger partial charge in [-0.25, -0.2) is 4.79 Å². The van der Waals surface area contributed by atoms with Crippen LogP contribution in [0, 0.1) is 6.92 Å². The van der Waals surface area contributed by atoms with Crippen molar-refractivity contribution in [1.82, 2.24) is 14.5 Å². The van der Waals surface area contributed by atoms with Crippen LogP contribution >= 0.6 is 0 Å². The Hall–Kier alpha value is -2.30. The topological polar surface area (TPSA) is 58.1 Å². The van der Waals surface area contributed by atoms with Crippen molar-refractivity contribution in [3.63, 3.8) is 0 Å². The van der Waals surface area contributed by atoms with Gasteiger partial charge < -0.3 is 9.88 Å². The maximum absolute atomic E-state index is 12.4. The van der Waals surface area contributed by atoms with Gasteiger partial charge in [0.15, 0.2) is 0 Å². The van der Waals surface area contributed by atoms with Crippen LogP contribution in [0.2, 0.25) is 0 Å². The number of hydrogen-bond acceptors (Lipinski definition) is 2. The molecule has 2 aromatic rings. The molecule has 5 heteroatoms. The molecule has 1 amide bonds. The van der Waals surface area contributed by atoms with Gasteiger partial charge in [0.2, 0.25) is 0 Å². The van der Waals surface area contributed by atoms with Crippen LogP contribution in [0.4, 0.5) is 0 Å². The lowest BCUT2D eigenvalue weighted by Gasteiger charge is -2.26. The number of rotatable bonds is 2. The number of carbonyl (C=O) groups is 1. The van der Waals surface area contributed by atoms with Crippen LogP contribution in [0.3, 0.4) is 0 Å². The molecular weight excluding hydrogens is 266 g/mol. The third-order valence-corrected chi connectivity index (χ3v) is 3.98. The molecule has 0 bridgehead atoms. The minimum atomic E-state index is -0.164. The first-order valence-corrected chi connectivity index (χ1v) is 7.33. The summed E-state index contributed by atoms with van der Waals surface area (Å²) in [7, 11) is 0. The average Bonchev–Trinajstić information content (AvgIpc) is 2.87. The first-order valence-electron chi connectivity index (χ1n) is 7.33. The van der Waals surface area contributed by atoms with E-state index < -0.39 is 0 Å². The second kappa shape index (κ2) is 5.60. The minimum absolute atomic E-state index is 0.0828. The molecule has 0 saturated carbocycles. The van der Waals surface area contributed by atoms with Crippen LogP contribution in [-0.4, -0.2) is 33.4 Å². The molecule has 0 atom stereocenters. The van der Waals surface area contributed by atoms with E-state index in [1.807, 2.05) is 24.0 Å². The summed E-state index contributed by atoms with van der Waals surface area (Å²) in [6.07, 6.45) is 5.05. The first kappa shape index (κ1) is 13.7. The number of amides is 1. The predicted octanol–water partition coefficient (Wildman–Crippen LogP) is 2.10. The molecular formula is C16H19N3O2. The number of likely N-dealkylation sites (tertiary alicyclic amines) is 1. The zero-order chi connectivity index (χ0) is 14.8. The van der Waals surface area contributed by atoms with Gasteiger partial charge in [0.1, 0.15) is 0 Å². The van der Waals surface area contributed by atoms with Crippen molar-refractivity contribution in [1.29, 1.82) is 0 Å². The van der Waals surface area contributed by atoms with E-state index in [2.05, 4.69) is 4.98 Å². The summed E-state index contributed by atoms with van der Waals surface area (Å²) in [4.78, 5) is 28.7. The van der Waals surface area contributed by atoms with Crippen molar-refractivity contribution < 1.29 is 4.79 Å². The molecule has 110 valence electrons. The summed E-state index contributed by atoms with van der Waals surface area (Å²) in [5.74, 6) is 0.0828. The molecule has 1 aliphatic heterocycles. The van der Waals surface area contributed by atoms with Gasteiger partial charge in [-0.15, -0.1) is 0 Å². The van der Waals surface area contributed by atoms with E-state index >= 15 is 0 Å². The number of imidazole rings is 1. The lowest BCUT2D eigenvalue weighted by molar-refractivity contribution is 0.0724. The molecule has 0 radical (unpaired) electrons. The molecule has 1 fully saturated rings. The molecule has 21 heavy (non-hydrogen) atoms. The molecule has 0 aliphatic carbocycles. The number of aromatic amines is 1. The zero-order valence-corrected chi connectivity index (χ0v) is 12.1. The normalized spacial score (nSPS) is 15.2. The van der Waals surface area contributed by atoms with Gasteiger partial charge in [-0.05, 0) is 50.5 Å². The van der Waals surface area contributed by atoms with Gasteiger partial charge in [-0.1, -0.05) is 0 Å². The van der Waals surface area contributed by atoms with E-state index in [0.29, 0.717) is 5.56 Å². The predicted molar refractivity (Wildman–Crippen MR) is 80.9 cm³/mol. The first-order chi connectivity index (χ1) is 10.2. The fourth-order valence-corrected chi connectivity index (χ4v) is 2.81. The Morgan fingerprint density at radius 3 is 2.33 bits per heavy atom. The smallest absolute Gasteiger partial charge is 0.330 e. The molecule has 2 heterocycles. The van der Waals surface area contributed by atoms with E-state index in [9.17, 15) is 9.59 Å². The molecule has 0 spiro atoms. The number of aryl methyl sites for hydroxylation is 1. The van der Waals surface area contributed by atoms with Crippen molar-refractivity contribution in [3.8, 4) is 5.69 Å². The Morgan fingerprint density at radius 1 is 1.10 bits per heavy atom. The standard InChI is InChI=1S/C16H19N3O2/c1-12-11-17-16(21)19(12)14-7-5-13(6-8-14)15(20)18-9-3-2-4-10-18/h5-8,11H,2-4,9-10H2,1H3,(H,17,21). The summed E-state index contributed by atoms with van der Waals surface area (Å²) >= 11 is 0. The fourth-order valence-electron chi connectivity index (χ4n) is 2.81. The van der Waals surface area contributed by atoms with Crippen LogP contribution in [0.5, 0.6) is 0 Å². The van der Waals surface area contributed by atoms with E-state index in [1.165, 1.54) is 6.42 Å². The average molecular weight is 285 g/mol. The molecule has 1 saturated heterocycles. The van der Waals surface area contributed by atoms with E-state index in [4.69, 9.17) is 0 Å². The maximum atomic E-state index is 12.4. The molecule has 3 rings (SSSR count). The van der Waals surface area contributed by atoms with Gasteiger partial charge in [0, 0.05) is 30.5 Å². The Kier molecular flexibility index (Phi) is 3.64. The van der Waals surface area contributed by atoms with Crippen LogP contribution < -0.4 is 5.69 Å². The molecule has 5 nitrogen and oxygen atoms in total. The molecule has 1 aromatic carbocycles. The number of carbonyl (C=O) groups excluding carboxylic acids is 1. The molecule has 1 aliphatic rings. The SMILES string of the molecule is Cc1c[nH]c(=O)n1-c1ccc(C(=O)N2CCCCC2)cc1. The number of H-pyrrole nitrogens is 1. The Morgan fingerprint density at radius 2 is 1.76 bits per heavy atom. The number of aromatic nitrogens is 2. The van der Waals surface area contributed by atoms with Crippen molar-refractivity contribution in [2.24, 2.45) is 0 Å². The van der Waals surface area contributed by atoms with Crippen molar-refractivity contribution in [2.45, 2.75) is 26.2 Å². The van der Waals surface area contributed by atoms with Gasteiger partial charge in [0.25, 0.3) is 5.91 Å². The third-order valence-electron chi connectivity index (χ3n) is 3.98. The van der Waals surface area contributed by atoms with Crippen molar-refractivity contribution in [2.75, 3.05) is 13.1 Å². The summed E-state index contributed by atoms with van der Waals surface area (Å²) in [6.45, 7) is 3.55. The Balaban J connectivity index is 1.84. The van der Waals surface area contributed by atoms with Gasteiger partial charge in [-0.3, -0.25) is 9.36 Å². The maximum Gasteiger partial charge on any atom is 0.330 e. The highest BCUT2D eigenvalue weighted by atomic mass is 16.2. The van der Waals surface area contributed by atoms with Gasteiger partial charge >= 0.3 is 5.69 Å². The molecule has 1 N–H and O–H groups in total. The van der Waals surface area contributed by atoms with Crippen molar-refractivity contribution in [3.05, 3.63) is 52.2 Å². The number of nitrogens with one attached hydrogen (secondary N) is 1. The minimum Gasteiger partial charge on any atom is -0.339 e. The number of piperidine rings is 1. The van der Waals surface area contributed by atoms with Crippen LogP contribution in [0.15, 0.2) is 35.3 Å². The van der Waals surface area contributed by atoms with E-state index in [1.54, 1.807) is 22.9 Å². The number of benzene rings is 1. The summed E-state index contributed by atoms with van der Waals surface area (Å²) in [5.41, 5.74) is 2.13. The van der Waals surface area contributed by atoms with E-state index in [0.717, 1.165) is 37.3 Å². The van der Waals surface area contributed by atoms with Gasteiger partial charge in [-0.2, -0.15) is 0 Å². The van der Waals surface area contributed by atoms with Crippen molar-refractivity contribution >= 4 is 5.91 Å². The second-order valence-corrected chi connectivity index (χ2v) is 5.47. The number of nitrogens with zero attached hydrogens (tertiary/aromatic N) is 2. The Bertz CT molecular complexity index is 691. The monoisotopic (exact) mass is 285 g/mol. The number of hydrogen-bond donors (Lipinski definition) is 1. The van der Waals surface area contributed by atoms with Gasteiger partial charge in [0.05, 0.1) is 5.69 Å². The lowest BCUT2D eigenvalue weighted by Crippen LogP contribution is -2.35. The third kappa shape index (κ3) is 2.63. The van der Waals surface area contributed by atoms with Crippen LogP contribution in [-0.2, 0) is 0 Å². The molecule has 1 aromatic heterocycles. The molecule has 0 unspecified atom stereocenters. The summed E-state index contributed by atoms with van der Waals surface area (Å²) in [6, 6.07) is 7.23. The van der Waals surface area contributed by atoms with Crippen LogP contribution in [0.1, 0.15) is 35.3 Å². The highest BCUT2D eigenvalue weighted by Crippen LogP contribution is 2.15. The Labute approximate surface area is 123 Å².